The summed E-state index contributed by atoms with van der Waals surface area (Å²) >= 11 is 0. The molecule has 2 N–H and O–H groups in total. The zero-order valence-electron chi connectivity index (χ0n) is 16.1. The van der Waals surface area contributed by atoms with E-state index in [4.69, 9.17) is 0 Å². The Labute approximate surface area is 169 Å². The lowest BCUT2D eigenvalue weighted by Gasteiger charge is -2.34. The summed E-state index contributed by atoms with van der Waals surface area (Å²) in [7, 11) is 3.72. The first-order valence-corrected chi connectivity index (χ1v) is 9.47. The number of imidazole rings is 1. The number of carbonyl (C=O) groups excluding carboxylic acids is 2. The number of likely N-dealkylation sites (N-methyl/N-ethyl adjacent to an activating group) is 1. The molecule has 28 heavy (non-hydrogen) atoms. The Bertz CT molecular complexity index is 966. The minimum atomic E-state index is -0.652. The second-order valence-electron chi connectivity index (χ2n) is 7.40. The molecule has 2 aliphatic heterocycles. The topological polar surface area (TPSA) is 88.4 Å². The van der Waals surface area contributed by atoms with Crippen LogP contribution in [0.3, 0.4) is 0 Å². The molecular weight excluding hydrogens is 382 g/mol. The average molecular weight is 408 g/mol. The lowest BCUT2D eigenvalue weighted by atomic mass is 10.0. The van der Waals surface area contributed by atoms with Crippen molar-refractivity contribution in [3.63, 3.8) is 0 Å². The SMILES string of the molecule is CNC1CCCN(c2cccc3c2n(C)c(=O)n3C2CCC(=O)NC2=O)C1.Cl. The summed E-state index contributed by atoms with van der Waals surface area (Å²) in [6.45, 7) is 1.82. The smallest absolute Gasteiger partial charge is 0.329 e. The van der Waals surface area contributed by atoms with Crippen molar-refractivity contribution in [1.29, 1.82) is 0 Å². The maximum Gasteiger partial charge on any atom is 0.329 e. The maximum absolute atomic E-state index is 13.0. The van der Waals surface area contributed by atoms with E-state index in [0.29, 0.717) is 12.5 Å². The molecule has 0 bridgehead atoms. The minimum Gasteiger partial charge on any atom is -0.368 e. The number of imide groups is 1. The summed E-state index contributed by atoms with van der Waals surface area (Å²) in [5.41, 5.74) is 2.36. The van der Waals surface area contributed by atoms with Gasteiger partial charge in [0, 0.05) is 32.6 Å². The molecule has 2 amide bonds. The zero-order chi connectivity index (χ0) is 19.1. The van der Waals surface area contributed by atoms with Crippen LogP contribution >= 0.6 is 12.4 Å². The van der Waals surface area contributed by atoms with Crippen LogP contribution in [0.2, 0.25) is 0 Å². The highest BCUT2D eigenvalue weighted by atomic mass is 35.5. The van der Waals surface area contributed by atoms with Gasteiger partial charge in [-0.25, -0.2) is 4.79 Å². The molecule has 9 heteroatoms. The van der Waals surface area contributed by atoms with E-state index in [-0.39, 0.29) is 30.4 Å². The molecule has 0 saturated carbocycles. The van der Waals surface area contributed by atoms with Gasteiger partial charge in [-0.05, 0) is 38.4 Å². The minimum absolute atomic E-state index is 0. The maximum atomic E-state index is 13.0. The molecule has 0 radical (unpaired) electrons. The normalized spacial score (nSPS) is 22.9. The van der Waals surface area contributed by atoms with Crippen molar-refractivity contribution in [1.82, 2.24) is 19.8 Å². The van der Waals surface area contributed by atoms with Crippen LogP contribution in [0.4, 0.5) is 5.69 Å². The van der Waals surface area contributed by atoms with Crippen molar-refractivity contribution < 1.29 is 9.59 Å². The Morgan fingerprint density at radius 1 is 1.18 bits per heavy atom. The lowest BCUT2D eigenvalue weighted by molar-refractivity contribution is -0.135. The largest absolute Gasteiger partial charge is 0.368 e. The molecular formula is C19H26ClN5O3. The van der Waals surface area contributed by atoms with Crippen molar-refractivity contribution in [3.05, 3.63) is 28.7 Å². The molecule has 2 saturated heterocycles. The quantitative estimate of drug-likeness (QED) is 0.739. The summed E-state index contributed by atoms with van der Waals surface area (Å²) in [6, 6.07) is 5.62. The summed E-state index contributed by atoms with van der Waals surface area (Å²) in [5.74, 6) is -0.684. The number of para-hydroxylation sites is 1. The van der Waals surface area contributed by atoms with Crippen LogP contribution in [-0.4, -0.2) is 47.1 Å². The van der Waals surface area contributed by atoms with Crippen molar-refractivity contribution in [2.75, 3.05) is 25.0 Å². The van der Waals surface area contributed by atoms with Crippen molar-refractivity contribution in [2.45, 2.75) is 37.8 Å². The van der Waals surface area contributed by atoms with Gasteiger partial charge in [-0.15, -0.1) is 12.4 Å². The van der Waals surface area contributed by atoms with Crippen LogP contribution in [0.5, 0.6) is 0 Å². The number of hydrogen-bond acceptors (Lipinski definition) is 5. The molecule has 0 spiro atoms. The van der Waals surface area contributed by atoms with Crippen molar-refractivity contribution in [2.24, 2.45) is 7.05 Å². The van der Waals surface area contributed by atoms with E-state index in [1.165, 1.54) is 0 Å². The third-order valence-corrected chi connectivity index (χ3v) is 5.77. The molecule has 3 heterocycles. The standard InChI is InChI=1S/C19H25N5O3.ClH/c1-20-12-5-4-10-23(11-12)13-6-3-7-14-17(13)22(2)19(27)24(14)15-8-9-16(25)21-18(15)26;/h3,6-7,12,15,20H,4-5,8-11H2,1-2H3,(H,21,25,26);1H. The Morgan fingerprint density at radius 2 is 1.96 bits per heavy atom. The number of halogens is 1. The fourth-order valence-corrected chi connectivity index (χ4v) is 4.33. The van der Waals surface area contributed by atoms with Gasteiger partial charge < -0.3 is 10.2 Å². The van der Waals surface area contributed by atoms with Gasteiger partial charge in [-0.1, -0.05) is 6.07 Å². The number of anilines is 1. The van der Waals surface area contributed by atoms with Gasteiger partial charge >= 0.3 is 5.69 Å². The first-order valence-electron chi connectivity index (χ1n) is 9.47. The van der Waals surface area contributed by atoms with Crippen molar-refractivity contribution >= 4 is 40.9 Å². The van der Waals surface area contributed by atoms with Crippen LogP contribution < -0.4 is 21.2 Å². The molecule has 8 nitrogen and oxygen atoms in total. The number of carbonyl (C=O) groups is 2. The molecule has 2 aliphatic rings. The van der Waals surface area contributed by atoms with E-state index in [0.717, 1.165) is 42.7 Å². The summed E-state index contributed by atoms with van der Waals surface area (Å²) in [5, 5.41) is 5.70. The fourth-order valence-electron chi connectivity index (χ4n) is 4.33. The monoisotopic (exact) mass is 407 g/mol. The molecule has 2 unspecified atom stereocenters. The van der Waals surface area contributed by atoms with Crippen LogP contribution in [0, 0.1) is 0 Å². The summed E-state index contributed by atoms with van der Waals surface area (Å²) in [6.07, 6.45) is 2.82. The Kier molecular flexibility index (Phi) is 5.81. The van der Waals surface area contributed by atoms with Crippen LogP contribution in [0.15, 0.2) is 23.0 Å². The molecule has 2 atom stereocenters. The molecule has 0 aliphatic carbocycles. The van der Waals surface area contributed by atoms with Gasteiger partial charge in [0.1, 0.15) is 6.04 Å². The van der Waals surface area contributed by atoms with E-state index in [1.807, 2.05) is 25.2 Å². The highest BCUT2D eigenvalue weighted by Gasteiger charge is 2.32. The molecule has 2 fully saturated rings. The van der Waals surface area contributed by atoms with Gasteiger partial charge in [0.25, 0.3) is 0 Å². The highest BCUT2D eigenvalue weighted by Crippen LogP contribution is 2.31. The molecule has 1 aromatic carbocycles. The van der Waals surface area contributed by atoms with Gasteiger partial charge in [0.15, 0.2) is 0 Å². The first kappa shape index (κ1) is 20.4. The zero-order valence-corrected chi connectivity index (χ0v) is 16.9. The third kappa shape index (κ3) is 3.31. The predicted octanol–water partition coefficient (Wildman–Crippen LogP) is 0.928. The molecule has 2 aromatic rings. The van der Waals surface area contributed by atoms with Gasteiger partial charge in [0.2, 0.25) is 11.8 Å². The average Bonchev–Trinajstić information content (AvgIpc) is 2.93. The number of nitrogens with one attached hydrogen (secondary N) is 2. The number of aromatic nitrogens is 2. The number of piperidine rings is 2. The van der Waals surface area contributed by atoms with E-state index < -0.39 is 11.9 Å². The van der Waals surface area contributed by atoms with E-state index >= 15 is 0 Å². The Hall–Kier alpha value is -2.32. The van der Waals surface area contributed by atoms with Gasteiger partial charge in [-0.2, -0.15) is 0 Å². The number of amides is 2. The van der Waals surface area contributed by atoms with Gasteiger partial charge in [-0.3, -0.25) is 24.0 Å². The first-order chi connectivity index (χ1) is 13.0. The van der Waals surface area contributed by atoms with Crippen molar-refractivity contribution in [3.8, 4) is 0 Å². The molecule has 152 valence electrons. The number of fused-ring (bicyclic) bond motifs is 1. The van der Waals surface area contributed by atoms with Gasteiger partial charge in [0.05, 0.1) is 16.7 Å². The highest BCUT2D eigenvalue weighted by molar-refractivity contribution is 6.00. The number of nitrogens with zero attached hydrogens (tertiary/aromatic N) is 3. The van der Waals surface area contributed by atoms with Crippen LogP contribution in [-0.2, 0) is 16.6 Å². The van der Waals surface area contributed by atoms with E-state index in [1.54, 1.807) is 16.2 Å². The third-order valence-electron chi connectivity index (χ3n) is 5.77. The lowest BCUT2D eigenvalue weighted by Crippen LogP contribution is -2.44. The number of benzene rings is 1. The Balaban J connectivity index is 0.00000225. The second kappa shape index (κ2) is 7.97. The fraction of sp³-hybridized carbons (Fsp3) is 0.526. The predicted molar refractivity (Wildman–Crippen MR) is 110 cm³/mol. The van der Waals surface area contributed by atoms with Crippen LogP contribution in [0.1, 0.15) is 31.7 Å². The summed E-state index contributed by atoms with van der Waals surface area (Å²) in [4.78, 5) is 39.2. The number of aryl methyl sites for hydroxylation is 1. The molecule has 1 aromatic heterocycles. The summed E-state index contributed by atoms with van der Waals surface area (Å²) < 4.78 is 3.16. The number of hydrogen-bond donors (Lipinski definition) is 2. The Morgan fingerprint density at radius 3 is 2.68 bits per heavy atom. The van der Waals surface area contributed by atoms with E-state index in [2.05, 4.69) is 15.5 Å². The van der Waals surface area contributed by atoms with Crippen LogP contribution in [0.25, 0.3) is 11.0 Å². The molecule has 4 rings (SSSR count). The number of rotatable bonds is 3. The van der Waals surface area contributed by atoms with E-state index in [9.17, 15) is 14.4 Å². The second-order valence-corrected chi connectivity index (χ2v) is 7.40.